The van der Waals surface area contributed by atoms with Crippen molar-refractivity contribution in [1.82, 2.24) is 5.32 Å². The van der Waals surface area contributed by atoms with E-state index in [2.05, 4.69) is 5.32 Å². The molecule has 0 aromatic rings. The van der Waals surface area contributed by atoms with Gasteiger partial charge in [0.2, 0.25) is 5.91 Å². The second-order valence-electron chi connectivity index (χ2n) is 4.70. The second-order valence-corrected chi connectivity index (χ2v) is 4.70. The molecule has 0 aromatic heterocycles. The monoisotopic (exact) mass is 293 g/mol. The van der Waals surface area contributed by atoms with Gasteiger partial charge < -0.3 is 35.6 Å². The average molecular weight is 293 g/mol. The van der Waals surface area contributed by atoms with Crippen molar-refractivity contribution < 1.29 is 39.9 Å². The second kappa shape index (κ2) is 6.95. The van der Waals surface area contributed by atoms with Gasteiger partial charge in [-0.2, -0.15) is 0 Å². The summed E-state index contributed by atoms with van der Waals surface area (Å²) in [6, 6.07) is -1.08. The Labute approximate surface area is 114 Å². The van der Waals surface area contributed by atoms with E-state index in [0.717, 1.165) is 0 Å². The largest absolute Gasteiger partial charge is 0.479 e. The first kappa shape index (κ1) is 16.8. The summed E-state index contributed by atoms with van der Waals surface area (Å²) in [5.41, 5.74) is 0. The van der Waals surface area contributed by atoms with Crippen LogP contribution in [-0.4, -0.2) is 80.6 Å². The van der Waals surface area contributed by atoms with E-state index in [1.54, 1.807) is 0 Å². The number of carboxylic acids is 1. The van der Waals surface area contributed by atoms with Gasteiger partial charge in [0.15, 0.2) is 6.10 Å². The Hall–Kier alpha value is -1.26. The van der Waals surface area contributed by atoms with Crippen LogP contribution in [0.1, 0.15) is 13.3 Å². The minimum Gasteiger partial charge on any atom is -0.479 e. The van der Waals surface area contributed by atoms with E-state index in [1.807, 2.05) is 0 Å². The fourth-order valence-corrected chi connectivity index (χ4v) is 2.11. The van der Waals surface area contributed by atoms with Gasteiger partial charge in [0.1, 0.15) is 18.3 Å². The number of hydrogen-bond acceptors (Lipinski definition) is 7. The number of carboxylic acid groups (broad SMARTS) is 1. The molecule has 0 saturated carbocycles. The van der Waals surface area contributed by atoms with E-state index in [4.69, 9.17) is 14.9 Å². The smallest absolute Gasteiger partial charge is 0.332 e. The lowest BCUT2D eigenvalue weighted by atomic mass is 9.90. The predicted octanol–water partition coefficient (Wildman–Crippen LogP) is -3.19. The van der Waals surface area contributed by atoms with Gasteiger partial charge in [-0.1, -0.05) is 0 Å². The molecule has 9 heteroatoms. The molecule has 0 spiro atoms. The first-order valence-electron chi connectivity index (χ1n) is 6.08. The minimum absolute atomic E-state index is 0.265. The Morgan fingerprint density at radius 2 is 2.00 bits per heavy atom. The number of aliphatic hydroxyl groups excluding tert-OH is 4. The van der Waals surface area contributed by atoms with Crippen LogP contribution in [0.3, 0.4) is 0 Å². The fourth-order valence-electron chi connectivity index (χ4n) is 2.11. The van der Waals surface area contributed by atoms with Gasteiger partial charge in [-0.05, 0) is 0 Å². The van der Waals surface area contributed by atoms with Crippen LogP contribution in [0.25, 0.3) is 0 Å². The third-order valence-electron chi connectivity index (χ3n) is 3.11. The lowest BCUT2D eigenvalue weighted by Crippen LogP contribution is -2.63. The molecule has 1 saturated heterocycles. The Morgan fingerprint density at radius 1 is 1.40 bits per heavy atom. The van der Waals surface area contributed by atoms with Crippen LogP contribution in [0, 0.1) is 0 Å². The highest BCUT2D eigenvalue weighted by Gasteiger charge is 2.45. The van der Waals surface area contributed by atoms with Gasteiger partial charge in [-0.15, -0.1) is 0 Å². The summed E-state index contributed by atoms with van der Waals surface area (Å²) in [4.78, 5) is 22.0. The Kier molecular flexibility index (Phi) is 5.84. The van der Waals surface area contributed by atoms with E-state index in [9.17, 15) is 24.9 Å². The zero-order valence-electron chi connectivity index (χ0n) is 10.8. The van der Waals surface area contributed by atoms with Gasteiger partial charge in [0.05, 0.1) is 18.8 Å². The van der Waals surface area contributed by atoms with Crippen molar-refractivity contribution in [3.8, 4) is 0 Å². The third kappa shape index (κ3) is 3.87. The summed E-state index contributed by atoms with van der Waals surface area (Å²) < 4.78 is 5.12. The molecule has 116 valence electrons. The normalized spacial score (nSPS) is 33.2. The molecule has 6 atom stereocenters. The van der Waals surface area contributed by atoms with Gasteiger partial charge in [0.25, 0.3) is 0 Å². The molecular weight excluding hydrogens is 274 g/mol. The molecule has 1 amide bonds. The molecular formula is C11H19NO8. The molecule has 0 unspecified atom stereocenters. The highest BCUT2D eigenvalue weighted by molar-refractivity contribution is 5.74. The molecule has 1 rings (SSSR count). The lowest BCUT2D eigenvalue weighted by Gasteiger charge is -2.41. The van der Waals surface area contributed by atoms with Crippen molar-refractivity contribution in [3.63, 3.8) is 0 Å². The lowest BCUT2D eigenvalue weighted by molar-refractivity contribution is -0.195. The maximum Gasteiger partial charge on any atom is 0.332 e. The number of ether oxygens (including phenoxy) is 1. The predicted molar refractivity (Wildman–Crippen MR) is 63.6 cm³/mol. The number of rotatable bonds is 5. The average Bonchev–Trinajstić information content (AvgIpc) is 2.38. The number of aliphatic carboxylic acids is 1. The summed E-state index contributed by atoms with van der Waals surface area (Å²) >= 11 is 0. The quantitative estimate of drug-likeness (QED) is 0.309. The number of nitrogens with one attached hydrogen (secondary N) is 1. The standard InChI is InChI=1S/C11H19NO8/c1-4(14)12-8-5(15)2-7(11(18)19)20-10(8)9(17)6(16)3-13/h5-10,13,15-17H,2-3H2,1H3,(H,12,14)(H,18,19)/t5-,6-,7+,8+,9-,10+/m0/s1. The maximum atomic E-state index is 11.1. The van der Waals surface area contributed by atoms with Crippen LogP contribution in [0.2, 0.25) is 0 Å². The van der Waals surface area contributed by atoms with E-state index < -0.39 is 55.0 Å². The number of carbonyl (C=O) groups is 2. The zero-order valence-corrected chi connectivity index (χ0v) is 10.8. The molecule has 0 bridgehead atoms. The first-order chi connectivity index (χ1) is 9.27. The number of carbonyl (C=O) groups excluding carboxylic acids is 1. The van der Waals surface area contributed by atoms with Crippen LogP contribution in [-0.2, 0) is 14.3 Å². The van der Waals surface area contributed by atoms with Crippen molar-refractivity contribution >= 4 is 11.9 Å². The number of amides is 1. The fraction of sp³-hybridized carbons (Fsp3) is 0.818. The molecule has 1 aliphatic rings. The van der Waals surface area contributed by atoms with E-state index >= 15 is 0 Å². The molecule has 9 nitrogen and oxygen atoms in total. The minimum atomic E-state index is -1.66. The summed E-state index contributed by atoms with van der Waals surface area (Å²) in [5.74, 6) is -1.84. The SMILES string of the molecule is CC(=O)N[C@H]1[C@H]([C@@H](O)[C@@H](O)CO)O[C@@H](C(=O)O)C[C@@H]1O. The van der Waals surface area contributed by atoms with Crippen LogP contribution < -0.4 is 5.32 Å². The molecule has 0 radical (unpaired) electrons. The van der Waals surface area contributed by atoms with Gasteiger partial charge in [-0.3, -0.25) is 4.79 Å². The topological polar surface area (TPSA) is 157 Å². The highest BCUT2D eigenvalue weighted by atomic mass is 16.5. The number of aliphatic hydroxyl groups is 4. The molecule has 6 N–H and O–H groups in total. The number of hydrogen-bond donors (Lipinski definition) is 6. The van der Waals surface area contributed by atoms with Crippen molar-refractivity contribution in [3.05, 3.63) is 0 Å². The maximum absolute atomic E-state index is 11.1. The molecule has 0 aromatic carbocycles. The van der Waals surface area contributed by atoms with Crippen LogP contribution >= 0.6 is 0 Å². The molecule has 1 heterocycles. The van der Waals surface area contributed by atoms with E-state index in [0.29, 0.717) is 0 Å². The third-order valence-corrected chi connectivity index (χ3v) is 3.11. The summed E-state index contributed by atoms with van der Waals surface area (Å²) in [7, 11) is 0. The zero-order chi connectivity index (χ0) is 15.4. The van der Waals surface area contributed by atoms with Crippen molar-refractivity contribution in [1.29, 1.82) is 0 Å². The summed E-state index contributed by atoms with van der Waals surface area (Å²) in [6.07, 6.45) is -7.51. The summed E-state index contributed by atoms with van der Waals surface area (Å²) in [6.45, 7) is 0.406. The van der Waals surface area contributed by atoms with Gasteiger partial charge in [0, 0.05) is 13.3 Å². The molecule has 1 fully saturated rings. The van der Waals surface area contributed by atoms with Crippen LogP contribution in [0.5, 0.6) is 0 Å². The Bertz CT molecular complexity index is 362. The van der Waals surface area contributed by atoms with Crippen LogP contribution in [0.15, 0.2) is 0 Å². The van der Waals surface area contributed by atoms with Crippen LogP contribution in [0.4, 0.5) is 0 Å². The first-order valence-corrected chi connectivity index (χ1v) is 6.08. The molecule has 1 aliphatic heterocycles. The highest BCUT2D eigenvalue weighted by Crippen LogP contribution is 2.24. The van der Waals surface area contributed by atoms with Crippen molar-refractivity contribution in [2.75, 3.05) is 6.61 Å². The summed E-state index contributed by atoms with van der Waals surface area (Å²) in [5, 5.41) is 49.2. The molecule has 0 aliphatic carbocycles. The van der Waals surface area contributed by atoms with Crippen molar-refractivity contribution in [2.45, 2.75) is 49.9 Å². The van der Waals surface area contributed by atoms with Gasteiger partial charge >= 0.3 is 5.97 Å². The van der Waals surface area contributed by atoms with Crippen molar-refractivity contribution in [2.24, 2.45) is 0 Å². The molecule has 20 heavy (non-hydrogen) atoms. The Morgan fingerprint density at radius 3 is 2.45 bits per heavy atom. The van der Waals surface area contributed by atoms with E-state index in [1.165, 1.54) is 6.92 Å². The Balaban J connectivity index is 2.94. The van der Waals surface area contributed by atoms with E-state index in [-0.39, 0.29) is 6.42 Å². The van der Waals surface area contributed by atoms with Gasteiger partial charge in [-0.25, -0.2) is 4.79 Å².